The highest BCUT2D eigenvalue weighted by Crippen LogP contribution is 2.25. The van der Waals surface area contributed by atoms with Crippen LogP contribution in [0.5, 0.6) is 0 Å². The molecular weight excluding hydrogens is 229 g/mol. The van der Waals surface area contributed by atoms with E-state index < -0.39 is 12.7 Å². The first-order chi connectivity index (χ1) is 6.79. The van der Waals surface area contributed by atoms with Crippen molar-refractivity contribution in [2.75, 3.05) is 17.2 Å². The number of alkyl halides is 3. The van der Waals surface area contributed by atoms with Gasteiger partial charge in [0.25, 0.3) is 0 Å². The van der Waals surface area contributed by atoms with E-state index in [1.807, 2.05) is 0 Å². The zero-order chi connectivity index (χ0) is 11.6. The number of nitrogen functional groups attached to an aromatic ring is 1. The number of rotatable bonds is 3. The largest absolute Gasteiger partial charge is 0.406 e. The quantitative estimate of drug-likeness (QED) is 0.876. The molecule has 0 saturated heterocycles. The van der Waals surface area contributed by atoms with Crippen molar-refractivity contribution in [3.63, 3.8) is 0 Å². The molecule has 8 heteroatoms. The monoisotopic (exact) mass is 240 g/mol. The molecule has 15 heavy (non-hydrogen) atoms. The molecule has 0 fully saturated rings. The second-order valence-electron chi connectivity index (χ2n) is 3.27. The van der Waals surface area contributed by atoms with Crippen molar-refractivity contribution in [1.82, 2.24) is 9.36 Å². The van der Waals surface area contributed by atoms with Crippen molar-refractivity contribution in [1.29, 1.82) is 0 Å². The summed E-state index contributed by atoms with van der Waals surface area (Å²) in [4.78, 5) is 4.85. The van der Waals surface area contributed by atoms with Crippen LogP contribution in [0.4, 0.5) is 24.3 Å². The zero-order valence-corrected chi connectivity index (χ0v) is 9.06. The molecule has 0 aromatic carbocycles. The number of nitrogens with zero attached hydrogens (tertiary/aromatic N) is 3. The minimum Gasteiger partial charge on any atom is -0.367 e. The number of anilines is 2. The summed E-state index contributed by atoms with van der Waals surface area (Å²) in [7, 11) is 0. The standard InChI is InChI=1S/C7H11F3N4S/c1-4(2)14(3-7(8,9)10)6-12-5(11)13-15-6/h4H,3H2,1-2H3,(H2,11,13). The number of hydrogen-bond donors (Lipinski definition) is 1. The predicted molar refractivity (Wildman–Crippen MR) is 52.9 cm³/mol. The van der Waals surface area contributed by atoms with Gasteiger partial charge in [-0.25, -0.2) is 0 Å². The fourth-order valence-electron chi connectivity index (χ4n) is 1.01. The summed E-state index contributed by atoms with van der Waals surface area (Å²) >= 11 is 0.866. The van der Waals surface area contributed by atoms with Gasteiger partial charge in [0.15, 0.2) is 0 Å². The average Bonchev–Trinajstić information content (AvgIpc) is 2.45. The topological polar surface area (TPSA) is 55.0 Å². The molecule has 0 amide bonds. The van der Waals surface area contributed by atoms with Crippen LogP contribution in [0.3, 0.4) is 0 Å². The smallest absolute Gasteiger partial charge is 0.367 e. The normalized spacial score (nSPS) is 12.1. The molecule has 2 N–H and O–H groups in total. The van der Waals surface area contributed by atoms with E-state index >= 15 is 0 Å². The maximum absolute atomic E-state index is 12.2. The fraction of sp³-hybridized carbons (Fsp3) is 0.714. The van der Waals surface area contributed by atoms with Gasteiger partial charge in [0.05, 0.1) is 0 Å². The van der Waals surface area contributed by atoms with Gasteiger partial charge < -0.3 is 10.6 Å². The molecule has 1 rings (SSSR count). The first kappa shape index (κ1) is 12.0. The summed E-state index contributed by atoms with van der Waals surface area (Å²) in [6, 6.07) is -0.307. The Kier molecular flexibility index (Phi) is 3.38. The highest BCUT2D eigenvalue weighted by atomic mass is 32.1. The van der Waals surface area contributed by atoms with Crippen LogP contribution in [-0.2, 0) is 0 Å². The Morgan fingerprint density at radius 3 is 2.40 bits per heavy atom. The van der Waals surface area contributed by atoms with Crippen molar-refractivity contribution in [3.8, 4) is 0 Å². The molecule has 0 aliphatic heterocycles. The van der Waals surface area contributed by atoms with E-state index in [1.165, 1.54) is 0 Å². The average molecular weight is 240 g/mol. The van der Waals surface area contributed by atoms with Gasteiger partial charge in [-0.1, -0.05) is 0 Å². The molecule has 0 radical (unpaired) electrons. The number of halogens is 3. The maximum atomic E-state index is 12.2. The maximum Gasteiger partial charge on any atom is 0.406 e. The van der Waals surface area contributed by atoms with Crippen molar-refractivity contribution < 1.29 is 13.2 Å². The molecule has 86 valence electrons. The first-order valence-electron chi connectivity index (χ1n) is 4.22. The molecule has 0 spiro atoms. The second-order valence-corrected chi connectivity index (χ2v) is 4.00. The third-order valence-electron chi connectivity index (χ3n) is 1.65. The minimum atomic E-state index is -4.26. The Balaban J connectivity index is 2.84. The third kappa shape index (κ3) is 3.54. The highest BCUT2D eigenvalue weighted by Gasteiger charge is 2.33. The van der Waals surface area contributed by atoms with E-state index in [0.29, 0.717) is 0 Å². The number of hydrogen-bond acceptors (Lipinski definition) is 5. The summed E-state index contributed by atoms with van der Waals surface area (Å²) in [6.45, 7) is 2.27. The third-order valence-corrected chi connectivity index (χ3v) is 2.42. The Bertz CT molecular complexity index is 322. The fourth-order valence-corrected chi connectivity index (χ4v) is 1.74. The van der Waals surface area contributed by atoms with Gasteiger partial charge >= 0.3 is 6.18 Å². The molecule has 1 aromatic heterocycles. The summed E-state index contributed by atoms with van der Waals surface area (Å²) < 4.78 is 40.4. The Morgan fingerprint density at radius 1 is 1.47 bits per heavy atom. The predicted octanol–water partition coefficient (Wildman–Crippen LogP) is 1.90. The van der Waals surface area contributed by atoms with E-state index in [-0.39, 0.29) is 17.1 Å². The lowest BCUT2D eigenvalue weighted by Crippen LogP contribution is -2.39. The van der Waals surface area contributed by atoms with Crippen molar-refractivity contribution in [2.24, 2.45) is 0 Å². The number of nitrogens with two attached hydrogens (primary N) is 1. The minimum absolute atomic E-state index is 0.00262. The Morgan fingerprint density at radius 2 is 2.07 bits per heavy atom. The lowest BCUT2D eigenvalue weighted by Gasteiger charge is -2.26. The first-order valence-corrected chi connectivity index (χ1v) is 4.99. The van der Waals surface area contributed by atoms with Crippen molar-refractivity contribution >= 4 is 22.6 Å². The molecule has 0 saturated carbocycles. The van der Waals surface area contributed by atoms with Crippen LogP contribution in [0.15, 0.2) is 0 Å². The second kappa shape index (κ2) is 4.21. The lowest BCUT2D eigenvalue weighted by atomic mass is 10.3. The summed E-state index contributed by atoms with van der Waals surface area (Å²) in [5.74, 6) is 0.00262. The molecule has 0 atom stereocenters. The van der Waals surface area contributed by atoms with Gasteiger partial charge in [-0.05, 0) is 13.8 Å². The molecule has 0 bridgehead atoms. The SMILES string of the molecule is CC(C)N(CC(F)(F)F)c1nc(N)ns1. The molecular formula is C7H11F3N4S. The Labute approximate surface area is 89.1 Å². The van der Waals surface area contributed by atoms with E-state index in [9.17, 15) is 13.2 Å². The molecule has 0 aliphatic rings. The van der Waals surface area contributed by atoms with Crippen LogP contribution in [0, 0.1) is 0 Å². The van der Waals surface area contributed by atoms with E-state index in [0.717, 1.165) is 16.4 Å². The molecule has 4 nitrogen and oxygen atoms in total. The van der Waals surface area contributed by atoms with Crippen LogP contribution in [0.1, 0.15) is 13.8 Å². The van der Waals surface area contributed by atoms with Gasteiger partial charge in [-0.3, -0.25) is 0 Å². The summed E-state index contributed by atoms with van der Waals surface area (Å²) in [5.41, 5.74) is 5.26. The van der Waals surface area contributed by atoms with E-state index in [1.54, 1.807) is 13.8 Å². The highest BCUT2D eigenvalue weighted by molar-refractivity contribution is 7.09. The number of aromatic nitrogens is 2. The van der Waals surface area contributed by atoms with Crippen LogP contribution >= 0.6 is 11.5 Å². The summed E-state index contributed by atoms with van der Waals surface area (Å²) in [5, 5.41) is 0.194. The zero-order valence-electron chi connectivity index (χ0n) is 8.25. The van der Waals surface area contributed by atoms with E-state index in [2.05, 4.69) is 9.36 Å². The van der Waals surface area contributed by atoms with Crippen molar-refractivity contribution in [3.05, 3.63) is 0 Å². The molecule has 0 unspecified atom stereocenters. The van der Waals surface area contributed by atoms with Crippen molar-refractivity contribution in [2.45, 2.75) is 26.1 Å². The van der Waals surface area contributed by atoms with Gasteiger partial charge in [0.1, 0.15) is 6.54 Å². The van der Waals surface area contributed by atoms with Gasteiger partial charge in [0.2, 0.25) is 11.1 Å². The van der Waals surface area contributed by atoms with Crippen LogP contribution in [0.2, 0.25) is 0 Å². The van der Waals surface area contributed by atoms with Gasteiger partial charge in [-0.15, -0.1) is 0 Å². The Hall–Kier alpha value is -1.05. The van der Waals surface area contributed by atoms with E-state index in [4.69, 9.17) is 5.73 Å². The lowest BCUT2D eigenvalue weighted by molar-refractivity contribution is -0.120. The molecule has 1 heterocycles. The van der Waals surface area contributed by atoms with Crippen LogP contribution < -0.4 is 10.6 Å². The molecule has 0 aliphatic carbocycles. The van der Waals surface area contributed by atoms with Gasteiger partial charge in [0, 0.05) is 17.6 Å². The van der Waals surface area contributed by atoms with Crippen LogP contribution in [0.25, 0.3) is 0 Å². The van der Waals surface area contributed by atoms with Gasteiger partial charge in [-0.2, -0.15) is 22.5 Å². The molecule has 1 aromatic rings. The summed E-state index contributed by atoms with van der Waals surface area (Å²) in [6.07, 6.45) is -4.26. The van der Waals surface area contributed by atoms with Crippen LogP contribution in [-0.4, -0.2) is 28.1 Å².